The molecule has 4 heterocycles. The highest BCUT2D eigenvalue weighted by Crippen LogP contribution is 2.27. The van der Waals surface area contributed by atoms with Crippen LogP contribution in [0.4, 0.5) is 0 Å². The third-order valence-corrected chi connectivity index (χ3v) is 6.00. The molecule has 4 rings (SSSR count). The van der Waals surface area contributed by atoms with Gasteiger partial charge in [0.1, 0.15) is 11.6 Å². The van der Waals surface area contributed by atoms with Gasteiger partial charge in [0.2, 0.25) is 5.91 Å². The van der Waals surface area contributed by atoms with Crippen molar-refractivity contribution >= 4 is 17.2 Å². The van der Waals surface area contributed by atoms with Crippen molar-refractivity contribution in [3.05, 3.63) is 51.6 Å². The number of nitrogens with one attached hydrogen (secondary N) is 1. The van der Waals surface area contributed by atoms with E-state index in [1.165, 1.54) is 6.07 Å². The lowest BCUT2D eigenvalue weighted by molar-refractivity contribution is -0.132. The molecule has 1 atom stereocenters. The average molecular weight is 429 g/mol. The van der Waals surface area contributed by atoms with Gasteiger partial charge in [0.25, 0.3) is 11.4 Å². The number of thiophene rings is 1. The molecule has 158 valence electrons. The second-order valence-corrected chi connectivity index (χ2v) is 8.18. The topological polar surface area (TPSA) is 101 Å². The lowest BCUT2D eigenvalue weighted by Crippen LogP contribution is -2.40. The quantitative estimate of drug-likeness (QED) is 0.620. The number of amides is 1. The van der Waals surface area contributed by atoms with Crippen molar-refractivity contribution in [3.8, 4) is 16.5 Å². The molecule has 1 N–H and O–H groups in total. The highest BCUT2D eigenvalue weighted by Gasteiger charge is 2.26. The molecule has 1 amide bonds. The van der Waals surface area contributed by atoms with E-state index in [4.69, 9.17) is 9.26 Å². The van der Waals surface area contributed by atoms with Gasteiger partial charge in [0, 0.05) is 44.0 Å². The Morgan fingerprint density at radius 2 is 2.33 bits per heavy atom. The highest BCUT2D eigenvalue weighted by molar-refractivity contribution is 7.13. The van der Waals surface area contributed by atoms with Gasteiger partial charge in [-0.05, 0) is 36.4 Å². The molecule has 0 aromatic carbocycles. The number of aromatic nitrogens is 3. The van der Waals surface area contributed by atoms with E-state index in [-0.39, 0.29) is 17.4 Å². The smallest absolute Gasteiger partial charge is 0.254 e. The molecule has 8 nitrogen and oxygen atoms in total. The van der Waals surface area contributed by atoms with Crippen molar-refractivity contribution in [2.45, 2.75) is 38.5 Å². The SMILES string of the molecule is CCOc1cc(CCC(=O)N2CCC[C@H](c3nc(-c4cccs4)cc(=O)[nH]3)C2)on1. The van der Waals surface area contributed by atoms with E-state index in [0.717, 1.165) is 17.7 Å². The number of likely N-dealkylation sites (tertiary alicyclic amines) is 1. The summed E-state index contributed by atoms with van der Waals surface area (Å²) >= 11 is 1.55. The van der Waals surface area contributed by atoms with Crippen LogP contribution < -0.4 is 10.3 Å². The minimum absolute atomic E-state index is 0.0187. The fourth-order valence-electron chi connectivity index (χ4n) is 3.66. The first kappa shape index (κ1) is 20.3. The third kappa shape index (κ3) is 4.79. The maximum absolute atomic E-state index is 12.7. The molecule has 9 heteroatoms. The normalized spacial score (nSPS) is 16.6. The summed E-state index contributed by atoms with van der Waals surface area (Å²) in [5, 5.41) is 5.79. The molecule has 1 aliphatic rings. The summed E-state index contributed by atoms with van der Waals surface area (Å²) in [6.45, 7) is 3.66. The summed E-state index contributed by atoms with van der Waals surface area (Å²) in [6.07, 6.45) is 2.58. The van der Waals surface area contributed by atoms with Gasteiger partial charge < -0.3 is 19.1 Å². The summed E-state index contributed by atoms with van der Waals surface area (Å²) < 4.78 is 10.5. The first-order valence-electron chi connectivity index (χ1n) is 10.1. The second-order valence-electron chi connectivity index (χ2n) is 7.24. The van der Waals surface area contributed by atoms with Crippen LogP contribution in [-0.4, -0.2) is 45.6 Å². The molecule has 0 unspecified atom stereocenters. The molecule has 1 saturated heterocycles. The van der Waals surface area contributed by atoms with Crippen molar-refractivity contribution < 1.29 is 14.1 Å². The number of hydrogen-bond donors (Lipinski definition) is 1. The Kier molecular flexibility index (Phi) is 6.27. The Morgan fingerprint density at radius 3 is 3.13 bits per heavy atom. The Hall–Kier alpha value is -2.94. The average Bonchev–Trinajstić information content (AvgIpc) is 3.44. The van der Waals surface area contributed by atoms with Crippen molar-refractivity contribution in [2.24, 2.45) is 0 Å². The van der Waals surface area contributed by atoms with Crippen molar-refractivity contribution in [1.29, 1.82) is 0 Å². The molecule has 0 bridgehead atoms. The Labute approximate surface area is 177 Å². The van der Waals surface area contributed by atoms with Crippen molar-refractivity contribution in [1.82, 2.24) is 20.0 Å². The van der Waals surface area contributed by atoms with E-state index in [0.29, 0.717) is 55.7 Å². The van der Waals surface area contributed by atoms with Crippen molar-refractivity contribution in [3.63, 3.8) is 0 Å². The number of aromatic amines is 1. The van der Waals surface area contributed by atoms with Gasteiger partial charge in [-0.15, -0.1) is 11.3 Å². The predicted molar refractivity (Wildman–Crippen MR) is 113 cm³/mol. The maximum Gasteiger partial charge on any atom is 0.254 e. The van der Waals surface area contributed by atoms with E-state index in [1.54, 1.807) is 17.4 Å². The van der Waals surface area contributed by atoms with Gasteiger partial charge in [0.05, 0.1) is 17.2 Å². The predicted octanol–water partition coefficient (Wildman–Crippen LogP) is 3.22. The lowest BCUT2D eigenvalue weighted by atomic mass is 9.96. The molecule has 3 aromatic rings. The molecule has 0 aliphatic carbocycles. The van der Waals surface area contributed by atoms with E-state index in [9.17, 15) is 9.59 Å². The molecule has 30 heavy (non-hydrogen) atoms. The van der Waals surface area contributed by atoms with Crippen LogP contribution in [0.2, 0.25) is 0 Å². The molecule has 0 spiro atoms. The standard InChI is InChI=1S/C21H24N4O4S/c1-2-28-19-11-15(29-24-19)7-8-20(27)25-9-3-5-14(13-25)21-22-16(12-18(26)23-21)17-6-4-10-30-17/h4,6,10-12,14H,2-3,5,7-9,13H2,1H3,(H,22,23,26)/t14-/m0/s1. The van der Waals surface area contributed by atoms with E-state index >= 15 is 0 Å². The van der Waals surface area contributed by atoms with E-state index < -0.39 is 0 Å². The van der Waals surface area contributed by atoms with Gasteiger partial charge in [-0.1, -0.05) is 6.07 Å². The van der Waals surface area contributed by atoms with Crippen LogP contribution in [0.3, 0.4) is 0 Å². The molecular formula is C21H24N4O4S. The zero-order valence-electron chi connectivity index (χ0n) is 16.8. The zero-order valence-corrected chi connectivity index (χ0v) is 17.6. The summed E-state index contributed by atoms with van der Waals surface area (Å²) in [4.78, 5) is 35.3. The molecule has 1 fully saturated rings. The second kappa shape index (κ2) is 9.25. The number of hydrogen-bond acceptors (Lipinski definition) is 7. The number of carbonyl (C=O) groups is 1. The number of piperidine rings is 1. The Balaban J connectivity index is 1.40. The largest absolute Gasteiger partial charge is 0.476 e. The van der Waals surface area contributed by atoms with E-state index in [2.05, 4.69) is 15.1 Å². The maximum atomic E-state index is 12.7. The fraction of sp³-hybridized carbons (Fsp3) is 0.429. The molecule has 3 aromatic heterocycles. The van der Waals surface area contributed by atoms with E-state index in [1.807, 2.05) is 29.3 Å². The van der Waals surface area contributed by atoms with Gasteiger partial charge in [-0.25, -0.2) is 4.98 Å². The fourth-order valence-corrected chi connectivity index (χ4v) is 4.35. The first-order valence-corrected chi connectivity index (χ1v) is 11.0. The number of H-pyrrole nitrogens is 1. The Bertz CT molecular complexity index is 1040. The number of aryl methyl sites for hydroxylation is 1. The van der Waals surface area contributed by atoms with Gasteiger partial charge >= 0.3 is 0 Å². The lowest BCUT2D eigenvalue weighted by Gasteiger charge is -2.32. The molecule has 0 saturated carbocycles. The number of ether oxygens (including phenoxy) is 1. The zero-order chi connectivity index (χ0) is 20.9. The van der Waals surface area contributed by atoms with Crippen LogP contribution in [-0.2, 0) is 11.2 Å². The highest BCUT2D eigenvalue weighted by atomic mass is 32.1. The molecule has 1 aliphatic heterocycles. The summed E-state index contributed by atoms with van der Waals surface area (Å²) in [6, 6.07) is 7.14. The number of rotatable bonds is 7. The van der Waals surface area contributed by atoms with Gasteiger partial charge in [-0.2, -0.15) is 0 Å². The van der Waals surface area contributed by atoms with Crippen LogP contribution in [0.15, 0.2) is 39.0 Å². The van der Waals surface area contributed by atoms with Crippen LogP contribution in [0, 0.1) is 0 Å². The minimum atomic E-state index is -0.165. The number of nitrogens with zero attached hydrogens (tertiary/aromatic N) is 3. The third-order valence-electron chi connectivity index (χ3n) is 5.11. The van der Waals surface area contributed by atoms with Crippen LogP contribution in [0.25, 0.3) is 10.6 Å². The monoisotopic (exact) mass is 428 g/mol. The molecular weight excluding hydrogens is 404 g/mol. The number of carbonyl (C=O) groups excluding carboxylic acids is 1. The summed E-state index contributed by atoms with van der Waals surface area (Å²) in [7, 11) is 0. The minimum Gasteiger partial charge on any atom is -0.476 e. The first-order chi connectivity index (χ1) is 14.6. The van der Waals surface area contributed by atoms with Crippen LogP contribution >= 0.6 is 11.3 Å². The summed E-state index contributed by atoms with van der Waals surface area (Å²) in [5.74, 6) is 1.81. The van der Waals surface area contributed by atoms with Crippen LogP contribution in [0.1, 0.15) is 43.7 Å². The molecule has 0 radical (unpaired) electrons. The van der Waals surface area contributed by atoms with Crippen LogP contribution in [0.5, 0.6) is 5.88 Å². The van der Waals surface area contributed by atoms with Gasteiger partial charge in [0.15, 0.2) is 0 Å². The van der Waals surface area contributed by atoms with Gasteiger partial charge in [-0.3, -0.25) is 9.59 Å². The van der Waals surface area contributed by atoms with Crippen molar-refractivity contribution in [2.75, 3.05) is 19.7 Å². The Morgan fingerprint density at radius 1 is 1.43 bits per heavy atom. The summed E-state index contributed by atoms with van der Waals surface area (Å²) in [5.41, 5.74) is 0.518.